The Balaban J connectivity index is 3.29. The smallest absolute Gasteiger partial charge is 0.303 e. The number of carbonyl (C=O) groups is 4. The summed E-state index contributed by atoms with van der Waals surface area (Å²) in [5.41, 5.74) is 4.33. The molecule has 3 N–H and O–H groups in total. The van der Waals surface area contributed by atoms with E-state index in [1.54, 1.807) is 0 Å². The highest BCUT2D eigenvalue weighted by Gasteiger charge is 2.52. The van der Waals surface area contributed by atoms with Crippen molar-refractivity contribution >= 4 is 40.8 Å². The number of nitrogens with two attached hydrogens (primary N) is 1. The molecule has 0 saturated carbocycles. The van der Waals surface area contributed by atoms with Crippen LogP contribution in [0, 0.1) is 5.41 Å². The molecule has 5 atom stereocenters. The van der Waals surface area contributed by atoms with Crippen LogP contribution in [0.1, 0.15) is 27.7 Å². The minimum atomic E-state index is -1.26. The van der Waals surface area contributed by atoms with Crippen molar-refractivity contribution in [2.24, 2.45) is 5.73 Å². The van der Waals surface area contributed by atoms with E-state index in [2.05, 4.69) is 0 Å². The molecule has 0 spiro atoms. The molecule has 1 saturated heterocycles. The molecule has 1 heterocycles. The summed E-state index contributed by atoms with van der Waals surface area (Å²) in [6, 6.07) is 0. The summed E-state index contributed by atoms with van der Waals surface area (Å²) in [5.74, 6) is -2.76. The number of nitrogens with one attached hydrogen (secondary N) is 1. The first kappa shape index (κ1) is 22.7. The molecule has 0 aromatic carbocycles. The zero-order valence-electron chi connectivity index (χ0n) is 15.3. The Labute approximate surface area is 159 Å². The predicted octanol–water partition coefficient (Wildman–Crippen LogP) is -0.304. The second kappa shape index (κ2) is 10.1. The van der Waals surface area contributed by atoms with Crippen molar-refractivity contribution in [3.8, 4) is 0 Å². The zero-order valence-corrected chi connectivity index (χ0v) is 16.1. The van der Waals surface area contributed by atoms with E-state index in [-0.39, 0.29) is 11.8 Å². The van der Waals surface area contributed by atoms with Crippen LogP contribution in [0.15, 0.2) is 0 Å². The van der Waals surface area contributed by atoms with Gasteiger partial charge in [0.1, 0.15) is 12.7 Å². The number of rotatable bonds is 6. The van der Waals surface area contributed by atoms with Gasteiger partial charge in [0.2, 0.25) is 0 Å². The highest BCUT2D eigenvalue weighted by atomic mass is 32.2. The lowest BCUT2D eigenvalue weighted by Gasteiger charge is -2.43. The fourth-order valence-electron chi connectivity index (χ4n) is 2.41. The van der Waals surface area contributed by atoms with Crippen molar-refractivity contribution in [3.63, 3.8) is 0 Å². The molecule has 1 unspecified atom stereocenters. The van der Waals surface area contributed by atoms with E-state index in [0.717, 1.165) is 20.8 Å². The summed E-state index contributed by atoms with van der Waals surface area (Å²) in [6.07, 6.45) is -4.76. The summed E-state index contributed by atoms with van der Waals surface area (Å²) in [6.45, 7) is 4.24. The summed E-state index contributed by atoms with van der Waals surface area (Å²) in [4.78, 5) is 45.7. The third-order valence-corrected chi connectivity index (χ3v) is 4.06. The Kier molecular flexibility index (Phi) is 8.50. The average molecular weight is 406 g/mol. The average Bonchev–Trinajstić information content (AvgIpc) is 2.49. The van der Waals surface area contributed by atoms with E-state index in [0.29, 0.717) is 11.8 Å². The van der Waals surface area contributed by atoms with Gasteiger partial charge in [-0.05, 0) is 0 Å². The number of thioether (sulfide) groups is 1. The first-order valence-electron chi connectivity index (χ1n) is 7.82. The molecule has 0 radical (unpaired) electrons. The lowest BCUT2D eigenvalue weighted by molar-refractivity contribution is -0.237. The van der Waals surface area contributed by atoms with Gasteiger partial charge < -0.3 is 29.4 Å². The van der Waals surface area contributed by atoms with Gasteiger partial charge in [0, 0.05) is 27.7 Å². The highest BCUT2D eigenvalue weighted by Crippen LogP contribution is 2.34. The molecule has 0 bridgehead atoms. The normalized spacial score (nSPS) is 27.2. The van der Waals surface area contributed by atoms with Gasteiger partial charge in [-0.2, -0.15) is 0 Å². The van der Waals surface area contributed by atoms with Crippen LogP contribution in [0.4, 0.5) is 0 Å². The van der Waals surface area contributed by atoms with Crippen molar-refractivity contribution in [2.75, 3.05) is 6.61 Å². The molecule has 11 nitrogen and oxygen atoms in total. The molecule has 0 aromatic rings. The molecule has 0 amide bonds. The summed E-state index contributed by atoms with van der Waals surface area (Å²) < 4.78 is 26.2. The first-order valence-corrected chi connectivity index (χ1v) is 8.70. The highest BCUT2D eigenvalue weighted by molar-refractivity contribution is 8.14. The molecular formula is C15H22N2O9S. The fourth-order valence-corrected chi connectivity index (χ4v) is 3.20. The molecule has 1 aliphatic heterocycles. The number of hydrogen-bond acceptors (Lipinski definition) is 11. The van der Waals surface area contributed by atoms with Crippen LogP contribution in [-0.2, 0) is 42.9 Å². The van der Waals surface area contributed by atoms with Crippen LogP contribution in [0.5, 0.6) is 0 Å². The number of hydrogen-bond donors (Lipinski definition) is 2. The van der Waals surface area contributed by atoms with Gasteiger partial charge in [-0.1, -0.05) is 11.8 Å². The van der Waals surface area contributed by atoms with Crippen LogP contribution < -0.4 is 5.73 Å². The van der Waals surface area contributed by atoms with Gasteiger partial charge in [0.25, 0.3) is 0 Å². The molecule has 0 aliphatic carbocycles. The van der Waals surface area contributed by atoms with Crippen molar-refractivity contribution in [2.45, 2.75) is 57.5 Å². The van der Waals surface area contributed by atoms with E-state index in [1.807, 2.05) is 0 Å². The van der Waals surface area contributed by atoms with Crippen LogP contribution in [0.3, 0.4) is 0 Å². The Hall–Kier alpha value is -2.34. The number of esters is 4. The van der Waals surface area contributed by atoms with Gasteiger partial charge in [-0.25, -0.2) is 0 Å². The van der Waals surface area contributed by atoms with E-state index < -0.39 is 53.7 Å². The lowest BCUT2D eigenvalue weighted by atomic mass is 9.99. The van der Waals surface area contributed by atoms with Crippen LogP contribution in [0.2, 0.25) is 0 Å². The quantitative estimate of drug-likeness (QED) is 0.257. The van der Waals surface area contributed by atoms with E-state index >= 15 is 0 Å². The maximum Gasteiger partial charge on any atom is 0.303 e. The number of carbonyl (C=O) groups excluding carboxylic acids is 4. The van der Waals surface area contributed by atoms with Crippen LogP contribution in [-0.4, -0.2) is 65.5 Å². The number of ether oxygens (including phenoxy) is 5. The van der Waals surface area contributed by atoms with Gasteiger partial charge in [-0.15, -0.1) is 0 Å². The maximum atomic E-state index is 11.6. The maximum absolute atomic E-state index is 11.6. The molecular weight excluding hydrogens is 384 g/mol. The summed E-state index contributed by atoms with van der Waals surface area (Å²) in [5, 5.41) is 7.10. The third kappa shape index (κ3) is 7.43. The summed E-state index contributed by atoms with van der Waals surface area (Å²) in [7, 11) is 0. The summed E-state index contributed by atoms with van der Waals surface area (Å²) >= 11 is 0.705. The lowest BCUT2D eigenvalue weighted by Crippen LogP contribution is -2.61. The number of amidine groups is 1. The molecule has 1 rings (SSSR count). The Morgan fingerprint density at radius 2 is 1.37 bits per heavy atom. The third-order valence-electron chi connectivity index (χ3n) is 3.19. The Morgan fingerprint density at radius 3 is 1.81 bits per heavy atom. The zero-order chi connectivity index (χ0) is 20.7. The topological polar surface area (TPSA) is 164 Å². The van der Waals surface area contributed by atoms with Gasteiger partial charge in [0.15, 0.2) is 28.9 Å². The SMILES string of the molecule is CC(=O)OCC1O[C@@H](SC(=N)N)[C@H](OC(C)=O)[C@@H](OC(C)=O)[C@@H]1OC(C)=O. The van der Waals surface area contributed by atoms with Crippen molar-refractivity contribution < 1.29 is 42.9 Å². The molecule has 27 heavy (non-hydrogen) atoms. The molecule has 152 valence electrons. The van der Waals surface area contributed by atoms with E-state index in [9.17, 15) is 19.2 Å². The predicted molar refractivity (Wildman–Crippen MR) is 91.5 cm³/mol. The van der Waals surface area contributed by atoms with Crippen LogP contribution in [0.25, 0.3) is 0 Å². The van der Waals surface area contributed by atoms with Crippen molar-refractivity contribution in [1.29, 1.82) is 5.41 Å². The standard InChI is InChI=1S/C15H22N2O9S/c1-6(18)22-5-10-11(23-7(2)19)12(24-8(3)20)13(25-9(4)21)14(26-10)27-15(16)17/h10-14H,5H2,1-4H3,(H3,16,17)/t10?,11-,12+,13-,14+/m1/s1. The minimum Gasteiger partial charge on any atom is -0.463 e. The second-order valence-corrected chi connectivity index (χ2v) is 6.69. The first-order chi connectivity index (χ1) is 12.5. The molecule has 1 aliphatic rings. The van der Waals surface area contributed by atoms with Crippen molar-refractivity contribution in [3.05, 3.63) is 0 Å². The minimum absolute atomic E-state index is 0.327. The second-order valence-electron chi connectivity index (χ2n) is 5.55. The molecule has 0 aromatic heterocycles. The van der Waals surface area contributed by atoms with Gasteiger partial charge in [-0.3, -0.25) is 24.6 Å². The monoisotopic (exact) mass is 406 g/mol. The Morgan fingerprint density at radius 1 is 0.889 bits per heavy atom. The van der Waals surface area contributed by atoms with Crippen molar-refractivity contribution in [1.82, 2.24) is 0 Å². The van der Waals surface area contributed by atoms with E-state index in [1.165, 1.54) is 6.92 Å². The molecule has 12 heteroatoms. The largest absolute Gasteiger partial charge is 0.463 e. The Bertz CT molecular complexity index is 612. The van der Waals surface area contributed by atoms with Gasteiger partial charge >= 0.3 is 23.9 Å². The van der Waals surface area contributed by atoms with Gasteiger partial charge in [0.05, 0.1) is 0 Å². The van der Waals surface area contributed by atoms with Crippen LogP contribution >= 0.6 is 11.8 Å². The molecule has 1 fully saturated rings. The van der Waals surface area contributed by atoms with E-state index in [4.69, 9.17) is 34.8 Å². The fraction of sp³-hybridized carbons (Fsp3) is 0.667.